The van der Waals surface area contributed by atoms with Gasteiger partial charge in [-0.15, -0.1) is 0 Å². The highest BCUT2D eigenvalue weighted by atomic mass is 79.9. The standard InChI is InChI=1S/C10H13BrFN3/c1-2-5-14-10(13)15-9-6-7(12)3-4-8(9)11/h3-4,6H,2,5H2,1H3,(H3,13,14,15). The van der Waals surface area contributed by atoms with Crippen LogP contribution in [0.4, 0.5) is 10.1 Å². The van der Waals surface area contributed by atoms with Gasteiger partial charge in [-0.1, -0.05) is 6.92 Å². The summed E-state index contributed by atoms with van der Waals surface area (Å²) in [6, 6.07) is 4.35. The number of hydrogen-bond acceptors (Lipinski definition) is 1. The summed E-state index contributed by atoms with van der Waals surface area (Å²) in [6.45, 7) is 2.67. The van der Waals surface area contributed by atoms with Crippen molar-refractivity contribution < 1.29 is 4.39 Å². The lowest BCUT2D eigenvalue weighted by Crippen LogP contribution is -2.23. The Morgan fingerprint density at radius 3 is 3.00 bits per heavy atom. The summed E-state index contributed by atoms with van der Waals surface area (Å²) in [6.07, 6.45) is 0.923. The number of nitrogens with one attached hydrogen (secondary N) is 1. The second-order valence-corrected chi connectivity index (χ2v) is 3.87. The molecule has 0 spiro atoms. The molecular formula is C10H13BrFN3. The number of hydrogen-bond donors (Lipinski definition) is 2. The fourth-order valence-electron chi connectivity index (χ4n) is 1.00. The molecule has 0 aliphatic carbocycles. The monoisotopic (exact) mass is 273 g/mol. The molecule has 5 heteroatoms. The number of anilines is 1. The van der Waals surface area contributed by atoms with Crippen LogP contribution in [0.15, 0.2) is 27.7 Å². The molecule has 0 bridgehead atoms. The first kappa shape index (κ1) is 12.0. The van der Waals surface area contributed by atoms with E-state index in [0.717, 1.165) is 10.9 Å². The van der Waals surface area contributed by atoms with Gasteiger partial charge in [0.1, 0.15) is 5.82 Å². The third kappa shape index (κ3) is 3.87. The van der Waals surface area contributed by atoms with E-state index in [-0.39, 0.29) is 5.82 Å². The van der Waals surface area contributed by atoms with Gasteiger partial charge in [0.05, 0.1) is 5.69 Å². The number of nitrogens with zero attached hydrogens (tertiary/aromatic N) is 1. The lowest BCUT2D eigenvalue weighted by molar-refractivity contribution is 0.628. The van der Waals surface area contributed by atoms with E-state index in [1.54, 1.807) is 6.07 Å². The zero-order valence-corrected chi connectivity index (χ0v) is 10.0. The summed E-state index contributed by atoms with van der Waals surface area (Å²) in [4.78, 5) is 4.05. The largest absolute Gasteiger partial charge is 0.370 e. The highest BCUT2D eigenvalue weighted by molar-refractivity contribution is 9.10. The van der Waals surface area contributed by atoms with Crippen molar-refractivity contribution in [2.45, 2.75) is 13.3 Å². The van der Waals surface area contributed by atoms with Crippen molar-refractivity contribution in [2.24, 2.45) is 10.7 Å². The number of benzene rings is 1. The van der Waals surface area contributed by atoms with E-state index in [1.165, 1.54) is 12.1 Å². The molecule has 0 unspecified atom stereocenters. The molecule has 0 amide bonds. The lowest BCUT2D eigenvalue weighted by Gasteiger charge is -2.07. The van der Waals surface area contributed by atoms with Crippen LogP contribution < -0.4 is 11.1 Å². The fraction of sp³-hybridized carbons (Fsp3) is 0.300. The van der Waals surface area contributed by atoms with Crippen molar-refractivity contribution in [1.29, 1.82) is 0 Å². The molecule has 0 aliphatic rings. The van der Waals surface area contributed by atoms with Gasteiger partial charge < -0.3 is 11.1 Å². The number of nitrogens with two attached hydrogens (primary N) is 1. The molecular weight excluding hydrogens is 261 g/mol. The van der Waals surface area contributed by atoms with Crippen LogP contribution in [0.2, 0.25) is 0 Å². The van der Waals surface area contributed by atoms with Crippen LogP contribution in [0.25, 0.3) is 0 Å². The van der Waals surface area contributed by atoms with Crippen molar-refractivity contribution in [3.8, 4) is 0 Å². The third-order valence-electron chi connectivity index (χ3n) is 1.70. The minimum absolute atomic E-state index is 0.295. The quantitative estimate of drug-likeness (QED) is 0.657. The normalized spacial score (nSPS) is 11.5. The first-order chi connectivity index (χ1) is 7.13. The summed E-state index contributed by atoms with van der Waals surface area (Å²) in [5, 5.41) is 2.83. The predicted octanol–water partition coefficient (Wildman–Crippen LogP) is 2.72. The summed E-state index contributed by atoms with van der Waals surface area (Å²) >= 11 is 3.29. The molecule has 0 aliphatic heterocycles. The van der Waals surface area contributed by atoms with Crippen molar-refractivity contribution in [1.82, 2.24) is 0 Å². The SMILES string of the molecule is CCCN=C(N)Nc1cc(F)ccc1Br. The third-order valence-corrected chi connectivity index (χ3v) is 2.39. The van der Waals surface area contributed by atoms with E-state index < -0.39 is 0 Å². The number of rotatable bonds is 3. The summed E-state index contributed by atoms with van der Waals surface area (Å²) in [7, 11) is 0. The number of aliphatic imine (C=N–C) groups is 1. The average Bonchev–Trinajstić information content (AvgIpc) is 2.20. The van der Waals surface area contributed by atoms with Gasteiger partial charge in [-0.3, -0.25) is 4.99 Å². The minimum Gasteiger partial charge on any atom is -0.370 e. The lowest BCUT2D eigenvalue weighted by atomic mass is 10.3. The van der Waals surface area contributed by atoms with Crippen LogP contribution in [0.3, 0.4) is 0 Å². The van der Waals surface area contributed by atoms with Crippen molar-refractivity contribution in [2.75, 3.05) is 11.9 Å². The molecule has 1 aromatic rings. The first-order valence-corrected chi connectivity index (χ1v) is 5.44. The maximum Gasteiger partial charge on any atom is 0.193 e. The van der Waals surface area contributed by atoms with E-state index in [0.29, 0.717) is 18.2 Å². The zero-order chi connectivity index (χ0) is 11.3. The molecule has 0 heterocycles. The first-order valence-electron chi connectivity index (χ1n) is 4.65. The van der Waals surface area contributed by atoms with Crippen molar-refractivity contribution >= 4 is 27.6 Å². The molecule has 0 aromatic heterocycles. The summed E-state index contributed by atoms with van der Waals surface area (Å²) in [5.74, 6) is -0.0212. The number of halogens is 2. The molecule has 3 nitrogen and oxygen atoms in total. The Morgan fingerprint density at radius 1 is 1.60 bits per heavy atom. The van der Waals surface area contributed by atoms with Crippen LogP contribution in [0.5, 0.6) is 0 Å². The second-order valence-electron chi connectivity index (χ2n) is 3.02. The van der Waals surface area contributed by atoms with E-state index in [4.69, 9.17) is 5.73 Å². The average molecular weight is 274 g/mol. The minimum atomic E-state index is -0.316. The van der Waals surface area contributed by atoms with Crippen LogP contribution in [-0.4, -0.2) is 12.5 Å². The molecule has 1 aromatic carbocycles. The van der Waals surface area contributed by atoms with Crippen molar-refractivity contribution in [3.63, 3.8) is 0 Å². The van der Waals surface area contributed by atoms with Crippen molar-refractivity contribution in [3.05, 3.63) is 28.5 Å². The number of guanidine groups is 1. The van der Waals surface area contributed by atoms with E-state index in [2.05, 4.69) is 26.2 Å². The second kappa shape index (κ2) is 5.70. The molecule has 15 heavy (non-hydrogen) atoms. The van der Waals surface area contributed by atoms with Gasteiger partial charge in [0.25, 0.3) is 0 Å². The Hall–Kier alpha value is -1.10. The molecule has 0 saturated carbocycles. The van der Waals surface area contributed by atoms with Gasteiger partial charge in [-0.25, -0.2) is 4.39 Å². The van der Waals surface area contributed by atoms with Crippen LogP contribution in [0.1, 0.15) is 13.3 Å². The van der Waals surface area contributed by atoms with Crippen LogP contribution in [0, 0.1) is 5.82 Å². The smallest absolute Gasteiger partial charge is 0.193 e. The molecule has 0 fully saturated rings. The summed E-state index contributed by atoms with van der Waals surface area (Å²) in [5.41, 5.74) is 6.18. The molecule has 0 saturated heterocycles. The van der Waals surface area contributed by atoms with Crippen LogP contribution >= 0.6 is 15.9 Å². The Kier molecular flexibility index (Phi) is 4.55. The predicted molar refractivity (Wildman–Crippen MR) is 64.5 cm³/mol. The molecule has 82 valence electrons. The molecule has 0 radical (unpaired) electrons. The zero-order valence-electron chi connectivity index (χ0n) is 8.43. The van der Waals surface area contributed by atoms with Crippen LogP contribution in [-0.2, 0) is 0 Å². The van der Waals surface area contributed by atoms with Gasteiger partial charge in [0, 0.05) is 11.0 Å². The van der Waals surface area contributed by atoms with Gasteiger partial charge in [-0.2, -0.15) is 0 Å². The summed E-state index contributed by atoms with van der Waals surface area (Å²) < 4.78 is 13.7. The van der Waals surface area contributed by atoms with Gasteiger partial charge in [-0.05, 0) is 40.5 Å². The molecule has 0 atom stereocenters. The maximum atomic E-state index is 12.9. The van der Waals surface area contributed by atoms with Gasteiger partial charge in [0.2, 0.25) is 0 Å². The molecule has 1 rings (SSSR count). The van der Waals surface area contributed by atoms with E-state index >= 15 is 0 Å². The van der Waals surface area contributed by atoms with E-state index in [1.807, 2.05) is 6.92 Å². The highest BCUT2D eigenvalue weighted by Crippen LogP contribution is 2.22. The highest BCUT2D eigenvalue weighted by Gasteiger charge is 2.02. The Bertz CT molecular complexity index is 366. The van der Waals surface area contributed by atoms with Gasteiger partial charge >= 0.3 is 0 Å². The fourth-order valence-corrected chi connectivity index (χ4v) is 1.35. The van der Waals surface area contributed by atoms with E-state index in [9.17, 15) is 4.39 Å². The van der Waals surface area contributed by atoms with Gasteiger partial charge in [0.15, 0.2) is 5.96 Å². The maximum absolute atomic E-state index is 12.9. The Morgan fingerprint density at radius 2 is 2.33 bits per heavy atom. The topological polar surface area (TPSA) is 50.4 Å². The Labute approximate surface area is 96.7 Å². The Balaban J connectivity index is 2.75. The molecule has 3 N–H and O–H groups in total.